The first-order valence-corrected chi connectivity index (χ1v) is 8.74. The second-order valence-corrected chi connectivity index (χ2v) is 7.47. The number of carbonyl (C=O) groups excluding carboxylic acids is 2. The minimum Gasteiger partial charge on any atom is -0.390 e. The largest absolute Gasteiger partial charge is 0.390 e. The van der Waals surface area contributed by atoms with Crippen molar-refractivity contribution in [1.29, 1.82) is 0 Å². The van der Waals surface area contributed by atoms with E-state index in [1.807, 2.05) is 24.3 Å². The number of amides is 3. The molecule has 25 heavy (non-hydrogen) atoms. The van der Waals surface area contributed by atoms with Gasteiger partial charge in [0.25, 0.3) is 5.91 Å². The van der Waals surface area contributed by atoms with Gasteiger partial charge in [0.05, 0.1) is 5.60 Å². The van der Waals surface area contributed by atoms with Gasteiger partial charge in [-0.05, 0) is 44.4 Å². The Morgan fingerprint density at radius 2 is 1.56 bits per heavy atom. The predicted octanol–water partition coefficient (Wildman–Crippen LogP) is 1.83. The van der Waals surface area contributed by atoms with E-state index >= 15 is 0 Å². The van der Waals surface area contributed by atoms with E-state index in [9.17, 15) is 14.7 Å². The van der Waals surface area contributed by atoms with E-state index in [0.29, 0.717) is 38.2 Å². The maximum atomic E-state index is 12.6. The van der Waals surface area contributed by atoms with Gasteiger partial charge in [0.2, 0.25) is 0 Å². The van der Waals surface area contributed by atoms with Gasteiger partial charge < -0.3 is 19.8 Å². The normalized spacial score (nSPS) is 15.2. The van der Waals surface area contributed by atoms with Crippen LogP contribution in [0.15, 0.2) is 24.3 Å². The molecular weight excluding hydrogens is 318 g/mol. The van der Waals surface area contributed by atoms with Crippen LogP contribution in [0.3, 0.4) is 0 Å². The number of hydrogen-bond donors (Lipinski definition) is 1. The summed E-state index contributed by atoms with van der Waals surface area (Å²) in [6.45, 7) is 5.83. The van der Waals surface area contributed by atoms with Gasteiger partial charge in [0.15, 0.2) is 0 Å². The van der Waals surface area contributed by atoms with Crippen molar-refractivity contribution in [2.75, 3.05) is 40.3 Å². The third-order valence-electron chi connectivity index (χ3n) is 4.45. The van der Waals surface area contributed by atoms with Crippen LogP contribution in [-0.4, -0.2) is 77.6 Å². The molecule has 0 bridgehead atoms. The molecule has 1 aromatic carbocycles. The lowest BCUT2D eigenvalue weighted by Gasteiger charge is -2.36. The Morgan fingerprint density at radius 3 is 2.04 bits per heavy atom. The number of rotatable bonds is 4. The SMILES string of the molecule is CN(C)C(=O)N1CCN(C(=O)c2ccc(CCC(C)(C)O)cc2)CC1. The molecule has 1 fully saturated rings. The number of aliphatic hydroxyl groups is 1. The van der Waals surface area contributed by atoms with E-state index < -0.39 is 5.60 Å². The molecule has 0 radical (unpaired) electrons. The second kappa shape index (κ2) is 7.87. The molecule has 0 spiro atoms. The minimum absolute atomic E-state index is 0.00555. The molecule has 6 nitrogen and oxygen atoms in total. The maximum absolute atomic E-state index is 12.6. The highest BCUT2D eigenvalue weighted by Crippen LogP contribution is 2.15. The van der Waals surface area contributed by atoms with Crippen LogP contribution >= 0.6 is 0 Å². The molecule has 1 aliphatic heterocycles. The number of piperazine rings is 1. The summed E-state index contributed by atoms with van der Waals surface area (Å²) in [4.78, 5) is 29.7. The van der Waals surface area contributed by atoms with Gasteiger partial charge in [-0.2, -0.15) is 0 Å². The van der Waals surface area contributed by atoms with Gasteiger partial charge in [-0.25, -0.2) is 4.79 Å². The zero-order valence-corrected chi connectivity index (χ0v) is 15.7. The van der Waals surface area contributed by atoms with E-state index in [1.54, 1.807) is 42.6 Å². The van der Waals surface area contributed by atoms with Crippen LogP contribution in [0.1, 0.15) is 36.2 Å². The fraction of sp³-hybridized carbons (Fsp3) is 0.579. The van der Waals surface area contributed by atoms with E-state index in [4.69, 9.17) is 0 Å². The van der Waals surface area contributed by atoms with Crippen molar-refractivity contribution in [2.24, 2.45) is 0 Å². The first-order chi connectivity index (χ1) is 11.7. The summed E-state index contributed by atoms with van der Waals surface area (Å²) >= 11 is 0. The van der Waals surface area contributed by atoms with Crippen LogP contribution in [0.2, 0.25) is 0 Å². The number of aryl methyl sites for hydroxylation is 1. The van der Waals surface area contributed by atoms with Gasteiger partial charge >= 0.3 is 6.03 Å². The molecule has 0 aromatic heterocycles. The van der Waals surface area contributed by atoms with Crippen LogP contribution in [-0.2, 0) is 6.42 Å². The third-order valence-corrected chi connectivity index (χ3v) is 4.45. The average molecular weight is 347 g/mol. The Kier molecular flexibility index (Phi) is 6.06. The van der Waals surface area contributed by atoms with Gasteiger partial charge in [-0.3, -0.25) is 4.79 Å². The number of urea groups is 1. The summed E-state index contributed by atoms with van der Waals surface area (Å²) in [5.41, 5.74) is 1.09. The van der Waals surface area contributed by atoms with Crippen molar-refractivity contribution < 1.29 is 14.7 Å². The van der Waals surface area contributed by atoms with Crippen molar-refractivity contribution in [3.63, 3.8) is 0 Å². The highest BCUT2D eigenvalue weighted by Gasteiger charge is 2.25. The van der Waals surface area contributed by atoms with Crippen molar-refractivity contribution in [1.82, 2.24) is 14.7 Å². The van der Waals surface area contributed by atoms with Gasteiger partial charge in [-0.1, -0.05) is 12.1 Å². The first kappa shape index (κ1) is 19.2. The third kappa shape index (κ3) is 5.46. The summed E-state index contributed by atoms with van der Waals surface area (Å²) in [5, 5.41) is 9.79. The summed E-state index contributed by atoms with van der Waals surface area (Å²) in [7, 11) is 3.47. The Labute approximate surface area is 150 Å². The maximum Gasteiger partial charge on any atom is 0.319 e. The lowest BCUT2D eigenvalue weighted by Crippen LogP contribution is -2.52. The Bertz CT molecular complexity index is 597. The molecule has 0 unspecified atom stereocenters. The Balaban J connectivity index is 1.90. The Morgan fingerprint density at radius 1 is 1.04 bits per heavy atom. The molecule has 1 aliphatic rings. The fourth-order valence-electron chi connectivity index (χ4n) is 2.83. The van der Waals surface area contributed by atoms with Crippen LogP contribution in [0.25, 0.3) is 0 Å². The Hall–Kier alpha value is -2.08. The van der Waals surface area contributed by atoms with E-state index in [-0.39, 0.29) is 11.9 Å². The summed E-state index contributed by atoms with van der Waals surface area (Å²) in [5.74, 6) is 0.00555. The van der Waals surface area contributed by atoms with Crippen LogP contribution < -0.4 is 0 Å². The topological polar surface area (TPSA) is 64.1 Å². The molecule has 0 atom stereocenters. The smallest absolute Gasteiger partial charge is 0.319 e. The van der Waals surface area contributed by atoms with Gasteiger partial charge in [-0.15, -0.1) is 0 Å². The molecule has 1 saturated heterocycles. The molecule has 6 heteroatoms. The van der Waals surface area contributed by atoms with Crippen molar-refractivity contribution in [3.8, 4) is 0 Å². The molecule has 3 amide bonds. The van der Waals surface area contributed by atoms with E-state index in [2.05, 4.69) is 0 Å². The van der Waals surface area contributed by atoms with Crippen molar-refractivity contribution in [2.45, 2.75) is 32.3 Å². The molecule has 0 aliphatic carbocycles. The van der Waals surface area contributed by atoms with Gasteiger partial charge in [0.1, 0.15) is 0 Å². The molecule has 1 N–H and O–H groups in total. The minimum atomic E-state index is -0.682. The molecule has 1 aromatic rings. The zero-order chi connectivity index (χ0) is 18.6. The quantitative estimate of drug-likeness (QED) is 0.904. The molecule has 138 valence electrons. The zero-order valence-electron chi connectivity index (χ0n) is 15.7. The highest BCUT2D eigenvalue weighted by molar-refractivity contribution is 5.94. The number of carbonyl (C=O) groups is 2. The molecule has 2 rings (SSSR count). The highest BCUT2D eigenvalue weighted by atomic mass is 16.3. The standard InChI is InChI=1S/C19H29N3O3/c1-19(2,25)10-9-15-5-7-16(8-6-15)17(23)21-11-13-22(14-12-21)18(24)20(3)4/h5-8,25H,9-14H2,1-4H3. The monoisotopic (exact) mass is 347 g/mol. The van der Waals surface area contributed by atoms with E-state index in [0.717, 1.165) is 12.0 Å². The van der Waals surface area contributed by atoms with Crippen LogP contribution in [0.5, 0.6) is 0 Å². The summed E-state index contributed by atoms with van der Waals surface area (Å²) in [6.07, 6.45) is 1.46. The lowest BCUT2D eigenvalue weighted by atomic mass is 9.98. The molecule has 0 saturated carbocycles. The fourth-order valence-corrected chi connectivity index (χ4v) is 2.83. The van der Waals surface area contributed by atoms with Gasteiger partial charge in [0, 0.05) is 45.8 Å². The van der Waals surface area contributed by atoms with E-state index in [1.165, 1.54) is 0 Å². The second-order valence-electron chi connectivity index (χ2n) is 7.47. The number of hydrogen-bond acceptors (Lipinski definition) is 3. The van der Waals surface area contributed by atoms with Crippen molar-refractivity contribution >= 4 is 11.9 Å². The predicted molar refractivity (Wildman–Crippen MR) is 97.6 cm³/mol. The number of benzene rings is 1. The molecule has 1 heterocycles. The number of nitrogens with zero attached hydrogens (tertiary/aromatic N) is 3. The lowest BCUT2D eigenvalue weighted by molar-refractivity contribution is 0.0649. The first-order valence-electron chi connectivity index (χ1n) is 8.74. The molecular formula is C19H29N3O3. The van der Waals surface area contributed by atoms with Crippen molar-refractivity contribution in [3.05, 3.63) is 35.4 Å². The van der Waals surface area contributed by atoms with Crippen LogP contribution in [0, 0.1) is 0 Å². The summed E-state index contributed by atoms with van der Waals surface area (Å²) < 4.78 is 0. The summed E-state index contributed by atoms with van der Waals surface area (Å²) in [6, 6.07) is 7.58. The van der Waals surface area contributed by atoms with Crippen LogP contribution in [0.4, 0.5) is 4.79 Å². The average Bonchev–Trinajstić information content (AvgIpc) is 2.58.